The zero-order valence-electron chi connectivity index (χ0n) is 17.1. The number of hydrogen-bond donors (Lipinski definition) is 0. The second-order valence-corrected chi connectivity index (χ2v) is 5.87. The molecule has 0 aliphatic rings. The Morgan fingerprint density at radius 2 is 0.875 bits per heavy atom. The lowest BCUT2D eigenvalue weighted by molar-refractivity contribution is -0.136. The van der Waals surface area contributed by atoms with Crippen molar-refractivity contribution in [3.8, 4) is 5.75 Å². The van der Waals surface area contributed by atoms with E-state index < -0.39 is 53.9 Å². The van der Waals surface area contributed by atoms with Crippen molar-refractivity contribution in [3.05, 3.63) is 29.1 Å². The molecule has 1 aromatic rings. The fourth-order valence-corrected chi connectivity index (χ4v) is 2.03. The second kappa shape index (κ2) is 16.7. The first kappa shape index (κ1) is 28.1. The number of rotatable bonds is 18. The predicted molar refractivity (Wildman–Crippen MR) is 96.6 cm³/mol. The van der Waals surface area contributed by atoms with Gasteiger partial charge in [-0.05, 0) is 0 Å². The van der Waals surface area contributed by atoms with Gasteiger partial charge in [0.15, 0.2) is 0 Å². The van der Waals surface area contributed by atoms with Crippen LogP contribution in [0.15, 0.2) is 0 Å². The topological polar surface area (TPSA) is 72.5 Å². The fourth-order valence-electron chi connectivity index (χ4n) is 2.03. The minimum atomic E-state index is -2.35. The van der Waals surface area contributed by atoms with Gasteiger partial charge in [0.2, 0.25) is 34.8 Å². The van der Waals surface area contributed by atoms with Crippen LogP contribution in [0, 0.1) is 29.1 Å². The molecular weight excluding hydrogens is 454 g/mol. The molecule has 0 saturated carbocycles. The van der Waals surface area contributed by atoms with E-state index in [1.165, 1.54) is 0 Å². The van der Waals surface area contributed by atoms with Gasteiger partial charge in [0.25, 0.3) is 0 Å². The van der Waals surface area contributed by atoms with Crippen molar-refractivity contribution in [2.24, 2.45) is 0 Å². The van der Waals surface area contributed by atoms with Crippen molar-refractivity contribution < 1.29 is 59.6 Å². The average Bonchev–Trinajstić information content (AvgIpc) is 2.79. The molecule has 0 saturated heterocycles. The monoisotopic (exact) mass is 478 g/mol. The molecule has 0 N–H and O–H groups in total. The Bertz CT molecular complexity index is 664. The summed E-state index contributed by atoms with van der Waals surface area (Å²) in [7, 11) is 0. The lowest BCUT2D eigenvalue weighted by atomic mass is 10.2. The SMILES string of the molecule is O=C(CCOCCOCCOCCOCCOCCF)Oc1c(F)c(F)c(F)c(F)c1F. The average molecular weight is 478 g/mol. The number of carbonyl (C=O) groups excluding carboxylic acids is 1. The number of benzene rings is 1. The van der Waals surface area contributed by atoms with E-state index >= 15 is 0 Å². The van der Waals surface area contributed by atoms with Gasteiger partial charge >= 0.3 is 5.97 Å². The summed E-state index contributed by atoms with van der Waals surface area (Å²) in [6, 6.07) is 0. The van der Waals surface area contributed by atoms with E-state index in [9.17, 15) is 31.1 Å². The highest BCUT2D eigenvalue weighted by atomic mass is 19.2. The molecule has 7 nitrogen and oxygen atoms in total. The summed E-state index contributed by atoms with van der Waals surface area (Å²) in [6.07, 6.45) is -0.485. The minimum absolute atomic E-state index is 0.0450. The molecule has 0 heterocycles. The van der Waals surface area contributed by atoms with Crippen LogP contribution in [-0.2, 0) is 28.5 Å². The fraction of sp³-hybridized carbons (Fsp3) is 0.632. The first-order valence-electron chi connectivity index (χ1n) is 9.56. The summed E-state index contributed by atoms with van der Waals surface area (Å²) in [5.41, 5.74) is 0. The summed E-state index contributed by atoms with van der Waals surface area (Å²) in [5.74, 6) is -14.1. The van der Waals surface area contributed by atoms with Crippen LogP contribution in [-0.4, -0.2) is 78.7 Å². The molecule has 0 unspecified atom stereocenters. The molecule has 0 amide bonds. The predicted octanol–water partition coefficient (Wildman–Crippen LogP) is 2.73. The van der Waals surface area contributed by atoms with Crippen molar-refractivity contribution in [2.75, 3.05) is 72.7 Å². The van der Waals surface area contributed by atoms with E-state index in [4.69, 9.17) is 23.7 Å². The van der Waals surface area contributed by atoms with E-state index in [-0.39, 0.29) is 33.0 Å². The Labute approximate surface area is 180 Å². The van der Waals surface area contributed by atoms with Crippen LogP contribution in [0.3, 0.4) is 0 Å². The van der Waals surface area contributed by atoms with Gasteiger partial charge in [-0.1, -0.05) is 0 Å². The Kier molecular flexibility index (Phi) is 14.6. The Morgan fingerprint density at radius 3 is 1.28 bits per heavy atom. The highest BCUT2D eigenvalue weighted by molar-refractivity contribution is 5.72. The minimum Gasteiger partial charge on any atom is -0.420 e. The van der Waals surface area contributed by atoms with Gasteiger partial charge in [0.1, 0.15) is 6.67 Å². The van der Waals surface area contributed by atoms with Crippen LogP contribution in [0.1, 0.15) is 6.42 Å². The molecule has 32 heavy (non-hydrogen) atoms. The van der Waals surface area contributed by atoms with E-state index in [0.717, 1.165) is 0 Å². The normalized spacial score (nSPS) is 11.2. The molecule has 0 spiro atoms. The van der Waals surface area contributed by atoms with Crippen molar-refractivity contribution in [3.63, 3.8) is 0 Å². The second-order valence-electron chi connectivity index (χ2n) is 5.87. The number of ether oxygens (including phenoxy) is 6. The van der Waals surface area contributed by atoms with Gasteiger partial charge in [-0.3, -0.25) is 4.79 Å². The van der Waals surface area contributed by atoms with Crippen molar-refractivity contribution >= 4 is 5.97 Å². The summed E-state index contributed by atoms with van der Waals surface area (Å²) in [6.45, 7) is 1.44. The molecule has 1 aromatic carbocycles. The largest absolute Gasteiger partial charge is 0.420 e. The molecule has 0 atom stereocenters. The number of esters is 1. The van der Waals surface area contributed by atoms with Crippen LogP contribution in [0.2, 0.25) is 0 Å². The maximum absolute atomic E-state index is 13.4. The van der Waals surface area contributed by atoms with Gasteiger partial charge in [-0.2, -0.15) is 8.78 Å². The van der Waals surface area contributed by atoms with Crippen LogP contribution < -0.4 is 4.74 Å². The number of carbonyl (C=O) groups is 1. The molecule has 0 radical (unpaired) electrons. The van der Waals surface area contributed by atoms with Gasteiger partial charge in [-0.15, -0.1) is 0 Å². The summed E-state index contributed by atoms with van der Waals surface area (Å²) < 4.78 is 107. The van der Waals surface area contributed by atoms with Crippen molar-refractivity contribution in [1.82, 2.24) is 0 Å². The highest BCUT2D eigenvalue weighted by Gasteiger charge is 2.28. The van der Waals surface area contributed by atoms with E-state index in [1.54, 1.807) is 0 Å². The number of halogens is 6. The third-order valence-corrected chi connectivity index (χ3v) is 3.55. The molecule has 13 heteroatoms. The lowest BCUT2D eigenvalue weighted by Gasteiger charge is -2.09. The first-order valence-corrected chi connectivity index (χ1v) is 9.56. The molecule has 0 aliphatic heterocycles. The zero-order chi connectivity index (χ0) is 23.8. The van der Waals surface area contributed by atoms with Gasteiger partial charge in [-0.25, -0.2) is 17.6 Å². The van der Waals surface area contributed by atoms with Crippen molar-refractivity contribution in [2.45, 2.75) is 6.42 Å². The maximum Gasteiger partial charge on any atom is 0.313 e. The summed E-state index contributed by atoms with van der Waals surface area (Å²) in [4.78, 5) is 11.5. The molecule has 0 fully saturated rings. The summed E-state index contributed by atoms with van der Waals surface area (Å²) in [5, 5.41) is 0. The zero-order valence-corrected chi connectivity index (χ0v) is 17.1. The lowest BCUT2D eigenvalue weighted by Crippen LogP contribution is -2.16. The smallest absolute Gasteiger partial charge is 0.313 e. The number of alkyl halides is 1. The van der Waals surface area contributed by atoms with Crippen molar-refractivity contribution in [1.29, 1.82) is 0 Å². The van der Waals surface area contributed by atoms with E-state index in [1.807, 2.05) is 0 Å². The molecule has 0 bridgehead atoms. The van der Waals surface area contributed by atoms with Crippen LogP contribution >= 0.6 is 0 Å². The van der Waals surface area contributed by atoms with Gasteiger partial charge < -0.3 is 28.4 Å². The first-order chi connectivity index (χ1) is 15.4. The quantitative estimate of drug-likeness (QED) is 0.0803. The number of hydrogen-bond acceptors (Lipinski definition) is 7. The van der Waals surface area contributed by atoms with E-state index in [2.05, 4.69) is 4.74 Å². The molecule has 0 aliphatic carbocycles. The summed E-state index contributed by atoms with van der Waals surface area (Å²) >= 11 is 0. The van der Waals surface area contributed by atoms with Gasteiger partial charge in [0, 0.05) is 0 Å². The Hall–Kier alpha value is -1.93. The Morgan fingerprint density at radius 1 is 0.531 bits per heavy atom. The third kappa shape index (κ3) is 10.6. The highest BCUT2D eigenvalue weighted by Crippen LogP contribution is 2.29. The molecule has 1 rings (SSSR count). The maximum atomic E-state index is 13.4. The van der Waals surface area contributed by atoms with Crippen LogP contribution in [0.5, 0.6) is 5.75 Å². The molecule has 184 valence electrons. The third-order valence-electron chi connectivity index (χ3n) is 3.55. The molecular formula is C19H24F6O7. The standard InChI is InChI=1S/C19H24F6O7/c20-2-4-28-6-8-30-10-12-31-11-9-29-7-5-27-3-1-13(26)32-19-17(24)15(22)14(21)16(23)18(19)25/h1-12H2. The van der Waals surface area contributed by atoms with Gasteiger partial charge in [0.05, 0.1) is 72.5 Å². The van der Waals surface area contributed by atoms with Crippen LogP contribution in [0.4, 0.5) is 26.3 Å². The van der Waals surface area contributed by atoms with Crippen LogP contribution in [0.25, 0.3) is 0 Å². The van der Waals surface area contributed by atoms with E-state index in [0.29, 0.717) is 33.0 Å². The Balaban J connectivity index is 2.02. The molecule has 0 aromatic heterocycles.